The van der Waals surface area contributed by atoms with Gasteiger partial charge in [0.25, 0.3) is 0 Å². The van der Waals surface area contributed by atoms with Gasteiger partial charge in [-0.1, -0.05) is 30.3 Å². The highest BCUT2D eigenvalue weighted by atomic mass is 32.2. The first-order chi connectivity index (χ1) is 12.9. The van der Waals surface area contributed by atoms with Crippen molar-refractivity contribution in [3.05, 3.63) is 42.5 Å². The van der Waals surface area contributed by atoms with E-state index in [1.165, 1.54) is 0 Å². The molecule has 2 aromatic rings. The standard InChI is InChI=1S/C21H28N2O3S/c1-16-14-22(15-17(2)26-16)20-9-11-23(12-10-20)27(24,25)21-8-7-18-5-3-4-6-19(18)13-21/h3-8,13,16-17,20H,9-12,14-15H2,1-2H3/t16-,17-/m1/s1. The number of hydrogen-bond acceptors (Lipinski definition) is 4. The molecule has 2 fully saturated rings. The maximum Gasteiger partial charge on any atom is 0.243 e. The first-order valence-electron chi connectivity index (χ1n) is 9.82. The summed E-state index contributed by atoms with van der Waals surface area (Å²) >= 11 is 0. The fourth-order valence-electron chi connectivity index (χ4n) is 4.44. The fourth-order valence-corrected chi connectivity index (χ4v) is 5.95. The zero-order valence-corrected chi connectivity index (χ0v) is 16.9. The summed E-state index contributed by atoms with van der Waals surface area (Å²) in [5.74, 6) is 0. The van der Waals surface area contributed by atoms with Gasteiger partial charge in [0.05, 0.1) is 17.1 Å². The molecule has 2 atom stereocenters. The summed E-state index contributed by atoms with van der Waals surface area (Å²) in [6.45, 7) is 7.27. The Labute approximate surface area is 162 Å². The molecular formula is C21H28N2O3S. The minimum atomic E-state index is -3.44. The third-order valence-electron chi connectivity index (χ3n) is 5.75. The number of rotatable bonds is 3. The molecule has 6 heteroatoms. The van der Waals surface area contributed by atoms with Crippen molar-refractivity contribution >= 4 is 20.8 Å². The Hall–Kier alpha value is -1.47. The monoisotopic (exact) mass is 388 g/mol. The molecular weight excluding hydrogens is 360 g/mol. The third-order valence-corrected chi connectivity index (χ3v) is 7.64. The highest BCUT2D eigenvalue weighted by molar-refractivity contribution is 7.89. The molecule has 0 radical (unpaired) electrons. The molecule has 27 heavy (non-hydrogen) atoms. The first kappa shape index (κ1) is 18.9. The van der Waals surface area contributed by atoms with Gasteiger partial charge < -0.3 is 4.74 Å². The molecule has 5 nitrogen and oxygen atoms in total. The Morgan fingerprint density at radius 1 is 0.926 bits per heavy atom. The molecule has 0 spiro atoms. The maximum atomic E-state index is 13.1. The van der Waals surface area contributed by atoms with E-state index < -0.39 is 10.0 Å². The number of sulfonamides is 1. The number of ether oxygens (including phenoxy) is 1. The predicted molar refractivity (Wildman–Crippen MR) is 107 cm³/mol. The van der Waals surface area contributed by atoms with Crippen molar-refractivity contribution < 1.29 is 13.2 Å². The second-order valence-corrected chi connectivity index (χ2v) is 9.79. The Bertz CT molecular complexity index is 897. The number of nitrogens with zero attached hydrogens (tertiary/aromatic N) is 2. The van der Waals surface area contributed by atoms with Crippen molar-refractivity contribution in [1.29, 1.82) is 0 Å². The van der Waals surface area contributed by atoms with E-state index in [4.69, 9.17) is 4.74 Å². The molecule has 0 aliphatic carbocycles. The quantitative estimate of drug-likeness (QED) is 0.811. The van der Waals surface area contributed by atoms with E-state index in [2.05, 4.69) is 18.7 Å². The zero-order valence-electron chi connectivity index (χ0n) is 16.0. The topological polar surface area (TPSA) is 49.9 Å². The molecule has 0 amide bonds. The number of hydrogen-bond donors (Lipinski definition) is 0. The van der Waals surface area contributed by atoms with Gasteiger partial charge in [-0.3, -0.25) is 4.90 Å². The first-order valence-corrected chi connectivity index (χ1v) is 11.3. The maximum absolute atomic E-state index is 13.1. The third kappa shape index (κ3) is 3.90. The number of piperidine rings is 1. The number of morpholine rings is 1. The van der Waals surface area contributed by atoms with Crippen LogP contribution in [0.3, 0.4) is 0 Å². The Kier molecular flexibility index (Phi) is 5.25. The van der Waals surface area contributed by atoms with Crippen molar-refractivity contribution in [1.82, 2.24) is 9.21 Å². The molecule has 146 valence electrons. The normalized spacial score (nSPS) is 26.4. The van der Waals surface area contributed by atoms with Crippen LogP contribution < -0.4 is 0 Å². The van der Waals surface area contributed by atoms with Gasteiger partial charge in [0.2, 0.25) is 10.0 Å². The summed E-state index contributed by atoms with van der Waals surface area (Å²) in [6, 6.07) is 13.7. The van der Waals surface area contributed by atoms with Crippen molar-refractivity contribution in [2.75, 3.05) is 26.2 Å². The van der Waals surface area contributed by atoms with E-state index in [9.17, 15) is 8.42 Å². The Balaban J connectivity index is 1.46. The minimum absolute atomic E-state index is 0.244. The lowest BCUT2D eigenvalue weighted by Crippen LogP contribution is -2.53. The van der Waals surface area contributed by atoms with Gasteiger partial charge in [-0.05, 0) is 49.6 Å². The fraction of sp³-hybridized carbons (Fsp3) is 0.524. The van der Waals surface area contributed by atoms with Crippen LogP contribution in [0.5, 0.6) is 0 Å². The summed E-state index contributed by atoms with van der Waals surface area (Å²) < 4.78 is 33.7. The summed E-state index contributed by atoms with van der Waals surface area (Å²) in [4.78, 5) is 2.88. The van der Waals surface area contributed by atoms with Gasteiger partial charge >= 0.3 is 0 Å². The largest absolute Gasteiger partial charge is 0.373 e. The summed E-state index contributed by atoms with van der Waals surface area (Å²) in [7, 11) is -3.44. The highest BCUT2D eigenvalue weighted by Crippen LogP contribution is 2.27. The van der Waals surface area contributed by atoms with E-state index in [0.717, 1.165) is 36.7 Å². The van der Waals surface area contributed by atoms with Crippen LogP contribution in [0.4, 0.5) is 0 Å². The van der Waals surface area contributed by atoms with Crippen LogP contribution in [0.1, 0.15) is 26.7 Å². The molecule has 2 aromatic carbocycles. The molecule has 0 aromatic heterocycles. The molecule has 4 rings (SSSR count). The van der Waals surface area contributed by atoms with Gasteiger partial charge in [-0.15, -0.1) is 0 Å². The van der Waals surface area contributed by atoms with Crippen LogP contribution in [0, 0.1) is 0 Å². The van der Waals surface area contributed by atoms with Crippen LogP contribution in [0.25, 0.3) is 10.8 Å². The van der Waals surface area contributed by atoms with Crippen LogP contribution in [0.15, 0.2) is 47.4 Å². The smallest absolute Gasteiger partial charge is 0.243 e. The van der Waals surface area contributed by atoms with Gasteiger partial charge in [0, 0.05) is 32.2 Å². The molecule has 2 heterocycles. The average molecular weight is 389 g/mol. The van der Waals surface area contributed by atoms with Gasteiger partial charge in [0.15, 0.2) is 0 Å². The lowest BCUT2D eigenvalue weighted by Gasteiger charge is -2.43. The van der Waals surface area contributed by atoms with Crippen molar-refractivity contribution in [3.63, 3.8) is 0 Å². The second kappa shape index (κ2) is 7.51. The molecule has 2 aliphatic rings. The summed E-state index contributed by atoms with van der Waals surface area (Å²) in [5, 5.41) is 2.02. The SMILES string of the molecule is C[C@@H]1CN(C2CCN(S(=O)(=O)c3ccc4ccccc4c3)CC2)C[C@@H](C)O1. The van der Waals surface area contributed by atoms with Crippen molar-refractivity contribution in [3.8, 4) is 0 Å². The van der Waals surface area contributed by atoms with E-state index in [0.29, 0.717) is 24.0 Å². The van der Waals surface area contributed by atoms with Crippen LogP contribution in [-0.2, 0) is 14.8 Å². The molecule has 0 bridgehead atoms. The number of fused-ring (bicyclic) bond motifs is 1. The highest BCUT2D eigenvalue weighted by Gasteiger charge is 2.34. The molecule has 0 unspecified atom stereocenters. The van der Waals surface area contributed by atoms with Crippen LogP contribution in [-0.4, -0.2) is 62.1 Å². The molecule has 2 aliphatic heterocycles. The number of benzene rings is 2. The Morgan fingerprint density at radius 3 is 2.22 bits per heavy atom. The second-order valence-electron chi connectivity index (χ2n) is 7.86. The van der Waals surface area contributed by atoms with E-state index in [-0.39, 0.29) is 12.2 Å². The molecule has 0 saturated carbocycles. The average Bonchev–Trinajstić information content (AvgIpc) is 2.67. The van der Waals surface area contributed by atoms with Gasteiger partial charge in [0.1, 0.15) is 0 Å². The molecule has 2 saturated heterocycles. The van der Waals surface area contributed by atoms with Gasteiger partial charge in [-0.2, -0.15) is 4.31 Å². The zero-order chi connectivity index (χ0) is 19.0. The van der Waals surface area contributed by atoms with E-state index >= 15 is 0 Å². The minimum Gasteiger partial charge on any atom is -0.373 e. The van der Waals surface area contributed by atoms with Gasteiger partial charge in [-0.25, -0.2) is 8.42 Å². The predicted octanol–water partition coefficient (Wildman–Crippen LogP) is 3.10. The lowest BCUT2D eigenvalue weighted by atomic mass is 10.0. The summed E-state index contributed by atoms with van der Waals surface area (Å²) in [6.07, 6.45) is 2.25. The van der Waals surface area contributed by atoms with Crippen molar-refractivity contribution in [2.45, 2.75) is 49.8 Å². The van der Waals surface area contributed by atoms with E-state index in [1.807, 2.05) is 30.3 Å². The lowest BCUT2D eigenvalue weighted by molar-refractivity contribution is -0.0847. The molecule has 0 N–H and O–H groups in total. The van der Waals surface area contributed by atoms with Crippen LogP contribution in [0.2, 0.25) is 0 Å². The van der Waals surface area contributed by atoms with Crippen LogP contribution >= 0.6 is 0 Å². The van der Waals surface area contributed by atoms with Crippen molar-refractivity contribution in [2.24, 2.45) is 0 Å². The Morgan fingerprint density at radius 2 is 1.56 bits per heavy atom. The van der Waals surface area contributed by atoms with E-state index in [1.54, 1.807) is 16.4 Å². The summed E-state index contributed by atoms with van der Waals surface area (Å²) in [5.41, 5.74) is 0.